The highest BCUT2D eigenvalue weighted by molar-refractivity contribution is 5.73. The van der Waals surface area contributed by atoms with Gasteiger partial charge in [-0.05, 0) is 20.3 Å². The largest absolute Gasteiger partial charge is 0.466 e. The minimum atomic E-state index is -0.679. The van der Waals surface area contributed by atoms with Crippen LogP contribution < -0.4 is 0 Å². The predicted octanol–water partition coefficient (Wildman–Crippen LogP) is 1.12. The zero-order chi connectivity index (χ0) is 9.56. The molecule has 2 atom stereocenters. The first kappa shape index (κ1) is 11.2. The van der Waals surface area contributed by atoms with Crippen molar-refractivity contribution in [3.8, 4) is 0 Å². The van der Waals surface area contributed by atoms with Gasteiger partial charge in [0.1, 0.15) is 0 Å². The van der Waals surface area contributed by atoms with Crippen LogP contribution in [0.3, 0.4) is 0 Å². The number of rotatable bonds is 5. The summed E-state index contributed by atoms with van der Waals surface area (Å²) in [5, 5.41) is 9.19. The number of allylic oxidation sites excluding steroid dienone is 1. The van der Waals surface area contributed by atoms with Gasteiger partial charge in [0.25, 0.3) is 0 Å². The molecule has 12 heavy (non-hydrogen) atoms. The van der Waals surface area contributed by atoms with Gasteiger partial charge in [-0.2, -0.15) is 0 Å². The second-order valence-electron chi connectivity index (χ2n) is 2.62. The summed E-state index contributed by atoms with van der Waals surface area (Å²) in [6, 6.07) is 0. The van der Waals surface area contributed by atoms with Crippen LogP contribution in [0.2, 0.25) is 0 Å². The van der Waals surface area contributed by atoms with E-state index in [1.54, 1.807) is 19.9 Å². The maximum absolute atomic E-state index is 11.1. The van der Waals surface area contributed by atoms with Crippen LogP contribution in [-0.4, -0.2) is 23.8 Å². The van der Waals surface area contributed by atoms with E-state index < -0.39 is 12.0 Å². The molecule has 0 spiro atoms. The normalized spacial score (nSPS) is 14.9. The Labute approximate surface area is 73.0 Å². The Hall–Kier alpha value is -0.830. The van der Waals surface area contributed by atoms with Crippen LogP contribution >= 0.6 is 0 Å². The average Bonchev–Trinajstić information content (AvgIpc) is 1.99. The summed E-state index contributed by atoms with van der Waals surface area (Å²) < 4.78 is 4.77. The van der Waals surface area contributed by atoms with Gasteiger partial charge in [-0.3, -0.25) is 4.79 Å². The van der Waals surface area contributed by atoms with Crippen LogP contribution in [-0.2, 0) is 9.53 Å². The van der Waals surface area contributed by atoms with Crippen LogP contribution in [0.4, 0.5) is 0 Å². The average molecular weight is 172 g/mol. The molecule has 0 bridgehead atoms. The molecular formula is C9H16O3. The third-order valence-electron chi connectivity index (χ3n) is 1.59. The summed E-state index contributed by atoms with van der Waals surface area (Å²) >= 11 is 0. The van der Waals surface area contributed by atoms with Gasteiger partial charge < -0.3 is 9.84 Å². The fraction of sp³-hybridized carbons (Fsp3) is 0.667. The maximum atomic E-state index is 11.1. The smallest absolute Gasteiger partial charge is 0.311 e. The predicted molar refractivity (Wildman–Crippen MR) is 46.6 cm³/mol. The molecule has 70 valence electrons. The number of hydrogen-bond acceptors (Lipinski definition) is 3. The Bertz CT molecular complexity index is 152. The lowest BCUT2D eigenvalue weighted by Gasteiger charge is -2.15. The van der Waals surface area contributed by atoms with E-state index in [-0.39, 0.29) is 5.97 Å². The third kappa shape index (κ3) is 3.53. The van der Waals surface area contributed by atoms with Crippen LogP contribution in [0.25, 0.3) is 0 Å². The number of carbonyl (C=O) groups is 1. The maximum Gasteiger partial charge on any atom is 0.311 e. The topological polar surface area (TPSA) is 46.5 Å². The summed E-state index contributed by atoms with van der Waals surface area (Å²) in [7, 11) is 0. The van der Waals surface area contributed by atoms with Gasteiger partial charge >= 0.3 is 5.97 Å². The lowest BCUT2D eigenvalue weighted by atomic mass is 10.0. The van der Waals surface area contributed by atoms with E-state index in [0.717, 1.165) is 0 Å². The molecule has 0 heterocycles. The van der Waals surface area contributed by atoms with E-state index in [0.29, 0.717) is 13.0 Å². The van der Waals surface area contributed by atoms with Crippen molar-refractivity contribution in [1.29, 1.82) is 0 Å². The van der Waals surface area contributed by atoms with Crippen molar-refractivity contribution in [2.45, 2.75) is 26.4 Å². The van der Waals surface area contributed by atoms with Crippen molar-refractivity contribution in [3.63, 3.8) is 0 Å². The highest BCUT2D eigenvalue weighted by Gasteiger charge is 2.22. The van der Waals surface area contributed by atoms with Crippen molar-refractivity contribution in [3.05, 3.63) is 12.7 Å². The number of esters is 1. The van der Waals surface area contributed by atoms with E-state index in [1.165, 1.54) is 0 Å². The van der Waals surface area contributed by atoms with Gasteiger partial charge in [0, 0.05) is 0 Å². The molecule has 1 N–H and O–H groups in total. The fourth-order valence-corrected chi connectivity index (χ4v) is 0.919. The number of aliphatic hydroxyl groups is 1. The molecule has 0 fully saturated rings. The molecular weight excluding hydrogens is 156 g/mol. The first-order valence-electron chi connectivity index (χ1n) is 4.09. The van der Waals surface area contributed by atoms with E-state index in [1.807, 2.05) is 0 Å². The SMILES string of the molecule is C=CC[C@@H](C(=O)OCC)[C@@H](C)O. The summed E-state index contributed by atoms with van der Waals surface area (Å²) in [6.45, 7) is 7.17. The molecule has 0 radical (unpaired) electrons. The van der Waals surface area contributed by atoms with Gasteiger partial charge in [0.15, 0.2) is 0 Å². The molecule has 0 aromatic carbocycles. The van der Waals surface area contributed by atoms with Crippen LogP contribution in [0.5, 0.6) is 0 Å². The zero-order valence-corrected chi connectivity index (χ0v) is 7.62. The second kappa shape index (κ2) is 5.77. The lowest BCUT2D eigenvalue weighted by Crippen LogP contribution is -2.27. The van der Waals surface area contributed by atoms with Gasteiger partial charge in [0.05, 0.1) is 18.6 Å². The highest BCUT2D eigenvalue weighted by Crippen LogP contribution is 2.11. The third-order valence-corrected chi connectivity index (χ3v) is 1.59. The van der Waals surface area contributed by atoms with Crippen LogP contribution in [0.15, 0.2) is 12.7 Å². The van der Waals surface area contributed by atoms with E-state index in [2.05, 4.69) is 6.58 Å². The van der Waals surface area contributed by atoms with Crippen molar-refractivity contribution in [2.24, 2.45) is 5.92 Å². The summed E-state index contributed by atoms with van der Waals surface area (Å²) in [5.41, 5.74) is 0. The van der Waals surface area contributed by atoms with E-state index in [9.17, 15) is 9.90 Å². The molecule has 3 nitrogen and oxygen atoms in total. The molecule has 0 aliphatic heterocycles. The minimum absolute atomic E-state index is 0.346. The molecule has 0 aromatic rings. The van der Waals surface area contributed by atoms with Crippen molar-refractivity contribution >= 4 is 5.97 Å². The van der Waals surface area contributed by atoms with Crippen molar-refractivity contribution in [2.75, 3.05) is 6.61 Å². The Morgan fingerprint density at radius 2 is 2.33 bits per heavy atom. The number of hydrogen-bond donors (Lipinski definition) is 1. The van der Waals surface area contributed by atoms with Gasteiger partial charge in [-0.15, -0.1) is 6.58 Å². The molecule has 0 saturated carbocycles. The summed E-state index contributed by atoms with van der Waals surface area (Å²) in [4.78, 5) is 11.1. The Kier molecular flexibility index (Phi) is 5.37. The zero-order valence-electron chi connectivity index (χ0n) is 7.62. The molecule has 3 heteroatoms. The molecule has 0 aromatic heterocycles. The summed E-state index contributed by atoms with van der Waals surface area (Å²) in [5.74, 6) is -0.824. The molecule has 0 aliphatic rings. The Balaban J connectivity index is 4.08. The van der Waals surface area contributed by atoms with Gasteiger partial charge in [-0.1, -0.05) is 6.08 Å². The van der Waals surface area contributed by atoms with Crippen LogP contribution in [0.1, 0.15) is 20.3 Å². The first-order chi connectivity index (χ1) is 5.63. The summed E-state index contributed by atoms with van der Waals surface area (Å²) in [6.07, 6.45) is 1.38. The number of ether oxygens (including phenoxy) is 1. The Morgan fingerprint density at radius 1 is 1.75 bits per heavy atom. The molecule has 0 rings (SSSR count). The first-order valence-corrected chi connectivity index (χ1v) is 4.09. The fourth-order valence-electron chi connectivity index (χ4n) is 0.919. The van der Waals surface area contributed by atoms with Crippen molar-refractivity contribution in [1.82, 2.24) is 0 Å². The quantitative estimate of drug-likeness (QED) is 0.499. The van der Waals surface area contributed by atoms with Gasteiger partial charge in [0.2, 0.25) is 0 Å². The van der Waals surface area contributed by atoms with E-state index in [4.69, 9.17) is 4.74 Å². The monoisotopic (exact) mass is 172 g/mol. The molecule has 0 amide bonds. The van der Waals surface area contributed by atoms with Gasteiger partial charge in [-0.25, -0.2) is 0 Å². The highest BCUT2D eigenvalue weighted by atomic mass is 16.5. The van der Waals surface area contributed by atoms with Crippen molar-refractivity contribution < 1.29 is 14.6 Å². The number of carbonyl (C=O) groups excluding carboxylic acids is 1. The molecule has 0 aliphatic carbocycles. The van der Waals surface area contributed by atoms with Crippen LogP contribution in [0, 0.1) is 5.92 Å². The second-order valence-corrected chi connectivity index (χ2v) is 2.62. The number of aliphatic hydroxyl groups excluding tert-OH is 1. The minimum Gasteiger partial charge on any atom is -0.466 e. The standard InChI is InChI=1S/C9H16O3/c1-4-6-8(7(3)10)9(11)12-5-2/h4,7-8,10H,1,5-6H2,2-3H3/t7-,8-/m1/s1. The molecule has 0 saturated heterocycles. The lowest BCUT2D eigenvalue weighted by molar-refractivity contribution is -0.151. The Morgan fingerprint density at radius 3 is 2.67 bits per heavy atom. The molecule has 0 unspecified atom stereocenters. The van der Waals surface area contributed by atoms with E-state index >= 15 is 0 Å².